The predicted octanol–water partition coefficient (Wildman–Crippen LogP) is 3.53. The van der Waals surface area contributed by atoms with Crippen LogP contribution in [0.15, 0.2) is 12.3 Å². The highest BCUT2D eigenvalue weighted by Crippen LogP contribution is 2.24. The van der Waals surface area contributed by atoms with Crippen LogP contribution < -0.4 is 0 Å². The first-order valence-electron chi connectivity index (χ1n) is 6.72. The fraction of sp³-hybridized carbons (Fsp3) is 0.571. The first-order valence-corrected chi connectivity index (χ1v) is 7.10. The van der Waals surface area contributed by atoms with Crippen LogP contribution in [-0.4, -0.2) is 28.9 Å². The summed E-state index contributed by atoms with van der Waals surface area (Å²) in [5.41, 5.74) is 0.163. The topological polar surface area (TPSA) is 33.2 Å². The van der Waals surface area contributed by atoms with Gasteiger partial charge in [-0.05, 0) is 24.8 Å². The van der Waals surface area contributed by atoms with E-state index in [1.54, 1.807) is 4.90 Å². The van der Waals surface area contributed by atoms with Crippen molar-refractivity contribution in [2.24, 2.45) is 5.92 Å². The molecule has 0 spiro atoms. The smallest absolute Gasteiger partial charge is 0.257 e. The fourth-order valence-electron chi connectivity index (χ4n) is 2.58. The predicted molar refractivity (Wildman–Crippen MR) is 72.7 cm³/mol. The van der Waals surface area contributed by atoms with Gasteiger partial charge in [-0.15, -0.1) is 0 Å². The third kappa shape index (κ3) is 3.44. The molecule has 2 heterocycles. The molecule has 1 fully saturated rings. The van der Waals surface area contributed by atoms with Crippen LogP contribution in [0.2, 0.25) is 5.15 Å². The summed E-state index contributed by atoms with van der Waals surface area (Å²) in [5.74, 6) is -0.0456. The quantitative estimate of drug-likeness (QED) is 0.796. The normalized spacial score (nSPS) is 16.7. The molecule has 5 heteroatoms. The molecule has 0 radical (unpaired) electrons. The van der Waals surface area contributed by atoms with Crippen molar-refractivity contribution in [1.29, 1.82) is 0 Å². The third-order valence-corrected chi connectivity index (χ3v) is 3.94. The van der Waals surface area contributed by atoms with Gasteiger partial charge in [0.2, 0.25) is 0 Å². The van der Waals surface area contributed by atoms with E-state index in [0.29, 0.717) is 5.92 Å². The highest BCUT2D eigenvalue weighted by atomic mass is 35.5. The second-order valence-electron chi connectivity index (χ2n) is 5.02. The lowest BCUT2D eigenvalue weighted by molar-refractivity contribution is 0.0686. The van der Waals surface area contributed by atoms with E-state index in [4.69, 9.17) is 11.6 Å². The molecule has 1 aliphatic heterocycles. The molecule has 1 aromatic heterocycles. The maximum Gasteiger partial charge on any atom is 0.257 e. The van der Waals surface area contributed by atoms with Crippen molar-refractivity contribution in [2.75, 3.05) is 13.1 Å². The zero-order chi connectivity index (χ0) is 13.8. The van der Waals surface area contributed by atoms with Crippen molar-refractivity contribution >= 4 is 17.5 Å². The molecular weight excluding hydrogens is 267 g/mol. The standard InChI is InChI=1S/C14H18ClFN2O/c1-2-3-10-4-6-18(7-5-10)14(19)12-8-11(16)9-17-13(12)15/h8-10H,2-7H2,1H3. The maximum atomic E-state index is 13.1. The van der Waals surface area contributed by atoms with Gasteiger partial charge in [-0.25, -0.2) is 9.37 Å². The number of carbonyl (C=O) groups is 1. The number of pyridine rings is 1. The van der Waals surface area contributed by atoms with E-state index in [1.165, 1.54) is 12.8 Å². The highest BCUT2D eigenvalue weighted by molar-refractivity contribution is 6.32. The number of halogens is 2. The summed E-state index contributed by atoms with van der Waals surface area (Å²) < 4.78 is 13.1. The highest BCUT2D eigenvalue weighted by Gasteiger charge is 2.25. The Kier molecular flexibility index (Phi) is 4.75. The Bertz CT molecular complexity index is 459. The van der Waals surface area contributed by atoms with Crippen molar-refractivity contribution in [1.82, 2.24) is 9.88 Å². The van der Waals surface area contributed by atoms with Gasteiger partial charge in [-0.3, -0.25) is 4.79 Å². The van der Waals surface area contributed by atoms with Gasteiger partial charge in [-0.1, -0.05) is 31.4 Å². The maximum absolute atomic E-state index is 13.1. The number of nitrogens with zero attached hydrogens (tertiary/aromatic N) is 2. The molecular formula is C14H18ClFN2O. The van der Waals surface area contributed by atoms with Crippen molar-refractivity contribution in [2.45, 2.75) is 32.6 Å². The summed E-state index contributed by atoms with van der Waals surface area (Å²) in [6, 6.07) is 1.16. The molecule has 0 aromatic carbocycles. The summed E-state index contributed by atoms with van der Waals surface area (Å²) in [6.07, 6.45) is 5.44. The van der Waals surface area contributed by atoms with Crippen LogP contribution in [0.3, 0.4) is 0 Å². The van der Waals surface area contributed by atoms with Gasteiger partial charge in [0, 0.05) is 13.1 Å². The Balaban J connectivity index is 2.03. The van der Waals surface area contributed by atoms with E-state index in [9.17, 15) is 9.18 Å². The zero-order valence-electron chi connectivity index (χ0n) is 11.0. The van der Waals surface area contributed by atoms with Crippen LogP contribution in [0, 0.1) is 11.7 Å². The lowest BCUT2D eigenvalue weighted by Crippen LogP contribution is -2.38. The first kappa shape index (κ1) is 14.3. The van der Waals surface area contributed by atoms with Gasteiger partial charge in [-0.2, -0.15) is 0 Å². The summed E-state index contributed by atoms with van der Waals surface area (Å²) >= 11 is 5.86. The number of hydrogen-bond acceptors (Lipinski definition) is 2. The Hall–Kier alpha value is -1.16. The van der Waals surface area contributed by atoms with Crippen LogP contribution in [0.1, 0.15) is 43.0 Å². The summed E-state index contributed by atoms with van der Waals surface area (Å²) in [6.45, 7) is 3.61. The number of amides is 1. The average Bonchev–Trinajstić information content (AvgIpc) is 2.42. The Labute approximate surface area is 117 Å². The second-order valence-corrected chi connectivity index (χ2v) is 5.37. The van der Waals surface area contributed by atoms with E-state index in [-0.39, 0.29) is 16.6 Å². The van der Waals surface area contributed by atoms with Gasteiger partial charge in [0.15, 0.2) is 0 Å². The number of likely N-dealkylation sites (tertiary alicyclic amines) is 1. The molecule has 19 heavy (non-hydrogen) atoms. The van der Waals surface area contributed by atoms with Crippen LogP contribution in [0.5, 0.6) is 0 Å². The molecule has 104 valence electrons. The van der Waals surface area contributed by atoms with E-state index < -0.39 is 5.82 Å². The summed E-state index contributed by atoms with van der Waals surface area (Å²) in [4.78, 5) is 17.7. The van der Waals surface area contributed by atoms with E-state index >= 15 is 0 Å². The monoisotopic (exact) mass is 284 g/mol. The number of piperidine rings is 1. The molecule has 1 saturated heterocycles. The molecule has 0 saturated carbocycles. The van der Waals surface area contributed by atoms with E-state index in [1.807, 2.05) is 0 Å². The average molecular weight is 285 g/mol. The van der Waals surface area contributed by atoms with Crippen molar-refractivity contribution in [3.05, 3.63) is 28.8 Å². The molecule has 0 bridgehead atoms. The molecule has 0 N–H and O–H groups in total. The van der Waals surface area contributed by atoms with Crippen LogP contribution in [0.4, 0.5) is 4.39 Å². The lowest BCUT2D eigenvalue weighted by atomic mass is 9.92. The minimum atomic E-state index is -0.534. The molecule has 0 atom stereocenters. The molecule has 1 aromatic rings. The van der Waals surface area contributed by atoms with Gasteiger partial charge in [0.05, 0.1) is 11.8 Å². The van der Waals surface area contributed by atoms with Crippen molar-refractivity contribution in [3.8, 4) is 0 Å². The van der Waals surface area contributed by atoms with Crippen LogP contribution in [0.25, 0.3) is 0 Å². The Morgan fingerprint density at radius 2 is 2.21 bits per heavy atom. The number of carbonyl (C=O) groups excluding carboxylic acids is 1. The minimum Gasteiger partial charge on any atom is -0.339 e. The van der Waals surface area contributed by atoms with Gasteiger partial charge in [0.25, 0.3) is 5.91 Å². The largest absolute Gasteiger partial charge is 0.339 e. The van der Waals surface area contributed by atoms with Crippen LogP contribution in [-0.2, 0) is 0 Å². The molecule has 0 aliphatic carbocycles. The van der Waals surface area contributed by atoms with Crippen LogP contribution >= 0.6 is 11.6 Å². The number of rotatable bonds is 3. The molecule has 0 unspecified atom stereocenters. The Morgan fingerprint density at radius 3 is 2.84 bits per heavy atom. The fourth-order valence-corrected chi connectivity index (χ4v) is 2.76. The minimum absolute atomic E-state index is 0.0714. The molecule has 3 nitrogen and oxygen atoms in total. The number of aromatic nitrogens is 1. The van der Waals surface area contributed by atoms with E-state index in [0.717, 1.165) is 38.2 Å². The SMILES string of the molecule is CCCC1CCN(C(=O)c2cc(F)cnc2Cl)CC1. The van der Waals surface area contributed by atoms with E-state index in [2.05, 4.69) is 11.9 Å². The van der Waals surface area contributed by atoms with Gasteiger partial charge < -0.3 is 4.90 Å². The molecule has 2 rings (SSSR count). The Morgan fingerprint density at radius 1 is 1.53 bits per heavy atom. The van der Waals surface area contributed by atoms with Crippen molar-refractivity contribution < 1.29 is 9.18 Å². The lowest BCUT2D eigenvalue weighted by Gasteiger charge is -2.32. The van der Waals surface area contributed by atoms with Gasteiger partial charge >= 0.3 is 0 Å². The molecule has 1 amide bonds. The zero-order valence-corrected chi connectivity index (χ0v) is 11.8. The molecule has 1 aliphatic rings. The first-order chi connectivity index (χ1) is 9.11. The van der Waals surface area contributed by atoms with Gasteiger partial charge in [0.1, 0.15) is 11.0 Å². The third-order valence-electron chi connectivity index (χ3n) is 3.63. The number of hydrogen-bond donors (Lipinski definition) is 0. The summed E-state index contributed by atoms with van der Waals surface area (Å²) in [5, 5.41) is 0.0714. The van der Waals surface area contributed by atoms with Crippen molar-refractivity contribution in [3.63, 3.8) is 0 Å². The second kappa shape index (κ2) is 6.33. The summed E-state index contributed by atoms with van der Waals surface area (Å²) in [7, 11) is 0.